The van der Waals surface area contributed by atoms with Crippen molar-refractivity contribution in [1.29, 1.82) is 0 Å². The van der Waals surface area contributed by atoms with Gasteiger partial charge in [-0.3, -0.25) is 19.5 Å². The van der Waals surface area contributed by atoms with Crippen molar-refractivity contribution in [3.63, 3.8) is 0 Å². The molecule has 0 radical (unpaired) electrons. The Labute approximate surface area is 231 Å². The average Bonchev–Trinajstić information content (AvgIpc) is 3.38. The zero-order valence-corrected chi connectivity index (χ0v) is 26.5. The van der Waals surface area contributed by atoms with Crippen molar-refractivity contribution in [3.05, 3.63) is 6.33 Å². The van der Waals surface area contributed by atoms with Crippen LogP contribution in [0.4, 0.5) is 5.95 Å². The fraction of sp³-hybridized carbons (Fsp3) is 0.720. The summed E-state index contributed by atoms with van der Waals surface area (Å²) in [7, 11) is -4.33. The fourth-order valence-corrected chi connectivity index (χ4v) is 16.8. The molecule has 2 aliphatic heterocycles. The number of rotatable bonds is 7. The Morgan fingerprint density at radius 1 is 1.05 bits per heavy atom. The van der Waals surface area contributed by atoms with E-state index in [-0.39, 0.29) is 52.3 Å². The minimum Gasteiger partial charge on any atom is -0.479 e. The Hall–Kier alpha value is -2.24. The van der Waals surface area contributed by atoms with Gasteiger partial charge >= 0.3 is 17.1 Å². The maximum atomic E-state index is 14.0. The predicted molar refractivity (Wildman–Crippen MR) is 149 cm³/mol. The Kier molecular flexibility index (Phi) is 8.37. The molecule has 1 N–H and O–H groups in total. The third kappa shape index (κ3) is 5.06. The summed E-state index contributed by atoms with van der Waals surface area (Å²) < 4.78 is 34.1. The topological polar surface area (TPSA) is 136 Å². The van der Waals surface area contributed by atoms with Gasteiger partial charge in [0.05, 0.1) is 20.0 Å². The molecule has 0 unspecified atom stereocenters. The molecule has 2 aliphatic rings. The van der Waals surface area contributed by atoms with Crippen LogP contribution in [0, 0.1) is 0 Å². The van der Waals surface area contributed by atoms with Crippen LogP contribution >= 0.6 is 0 Å². The molecule has 2 saturated heterocycles. The van der Waals surface area contributed by atoms with E-state index in [1.54, 1.807) is 0 Å². The average molecular weight is 580 g/mol. The second-order valence-corrected chi connectivity index (χ2v) is 20.3. The summed E-state index contributed by atoms with van der Waals surface area (Å²) >= 11 is 0. The van der Waals surface area contributed by atoms with Crippen LogP contribution in [-0.4, -0.2) is 74.3 Å². The number of hydrogen-bond acceptors (Lipinski definition) is 10. The Balaban J connectivity index is 1.79. The number of amides is 1. The van der Waals surface area contributed by atoms with Crippen molar-refractivity contribution >= 4 is 45.9 Å². The first-order valence-corrected chi connectivity index (χ1v) is 17.5. The normalized spacial score (nSPS) is 24.9. The number of imidazole rings is 1. The van der Waals surface area contributed by atoms with Crippen LogP contribution in [0.3, 0.4) is 0 Å². The van der Waals surface area contributed by atoms with Gasteiger partial charge in [0.2, 0.25) is 23.5 Å². The van der Waals surface area contributed by atoms with E-state index in [9.17, 15) is 9.59 Å². The van der Waals surface area contributed by atoms with Gasteiger partial charge in [0.15, 0.2) is 17.4 Å². The Morgan fingerprint density at radius 3 is 2.21 bits per heavy atom. The van der Waals surface area contributed by atoms with Gasteiger partial charge in [-0.05, 0) is 22.2 Å². The number of carbonyl (C=O) groups excluding carboxylic acids is 2. The first kappa shape index (κ1) is 29.7. The van der Waals surface area contributed by atoms with Crippen molar-refractivity contribution in [2.45, 2.75) is 103 Å². The summed E-state index contributed by atoms with van der Waals surface area (Å²) in [6.07, 6.45) is -1.09. The highest BCUT2D eigenvalue weighted by atomic mass is 28.5. The van der Waals surface area contributed by atoms with Crippen LogP contribution in [0.1, 0.15) is 68.5 Å². The van der Waals surface area contributed by atoms with E-state index in [1.165, 1.54) is 24.9 Å². The zero-order chi connectivity index (χ0) is 28.9. The molecule has 0 saturated carbocycles. The molecule has 3 atom stereocenters. The van der Waals surface area contributed by atoms with Gasteiger partial charge in [0.25, 0.3) is 0 Å². The van der Waals surface area contributed by atoms with Crippen molar-refractivity contribution in [2.24, 2.45) is 0 Å². The van der Waals surface area contributed by atoms with Gasteiger partial charge in [0, 0.05) is 6.92 Å². The van der Waals surface area contributed by atoms with E-state index < -0.39 is 35.6 Å². The number of ether oxygens (including phenoxy) is 2. The molecule has 12 nitrogen and oxygen atoms in total. The minimum absolute atomic E-state index is 0.0359. The number of Topliss-reactive ketones (excluding diaryl/α,β-unsaturated/α-hetero) is 1. The Morgan fingerprint density at radius 2 is 1.67 bits per heavy atom. The molecule has 2 aromatic rings. The number of anilines is 1. The van der Waals surface area contributed by atoms with E-state index in [0.717, 1.165) is 0 Å². The summed E-state index contributed by atoms with van der Waals surface area (Å²) in [5.74, 6) is -0.394. The summed E-state index contributed by atoms with van der Waals surface area (Å²) in [5, 5.41) is 2.56. The monoisotopic (exact) mass is 579 g/mol. The van der Waals surface area contributed by atoms with E-state index in [4.69, 9.17) is 22.4 Å². The maximum Gasteiger partial charge on any atom is 0.335 e. The lowest BCUT2D eigenvalue weighted by atomic mass is 10.1. The van der Waals surface area contributed by atoms with E-state index >= 15 is 0 Å². The zero-order valence-electron chi connectivity index (χ0n) is 24.5. The lowest BCUT2D eigenvalue weighted by molar-refractivity contribution is -0.130. The van der Waals surface area contributed by atoms with Gasteiger partial charge in [-0.15, -0.1) is 0 Å². The summed E-state index contributed by atoms with van der Waals surface area (Å²) in [6, 6.07) is 0. The Bertz CT molecular complexity index is 1220. The number of hydrogen-bond donors (Lipinski definition) is 1. The highest BCUT2D eigenvalue weighted by Gasteiger charge is 2.61. The molecule has 2 fully saturated rings. The van der Waals surface area contributed by atoms with Gasteiger partial charge < -0.3 is 22.4 Å². The van der Waals surface area contributed by atoms with E-state index in [1.807, 2.05) is 0 Å². The van der Waals surface area contributed by atoms with Crippen LogP contribution in [0.25, 0.3) is 11.2 Å². The third-order valence-corrected chi connectivity index (χ3v) is 17.8. The number of carbonyl (C=O) groups is 2. The molecule has 2 aromatic heterocycles. The minimum atomic E-state index is -3.00. The molecule has 4 heterocycles. The van der Waals surface area contributed by atoms with Crippen LogP contribution in [0.5, 0.6) is 5.88 Å². The van der Waals surface area contributed by atoms with Crippen LogP contribution in [0.2, 0.25) is 22.2 Å². The first-order valence-electron chi connectivity index (χ1n) is 13.5. The fourth-order valence-electron chi connectivity index (χ4n) is 5.63. The molecule has 216 valence electrons. The number of nitrogens with zero attached hydrogens (tertiary/aromatic N) is 4. The number of aromatic nitrogens is 4. The van der Waals surface area contributed by atoms with Crippen molar-refractivity contribution in [2.75, 3.05) is 19.0 Å². The molecule has 0 aliphatic carbocycles. The molecule has 4 rings (SSSR count). The van der Waals surface area contributed by atoms with Crippen LogP contribution < -0.4 is 10.1 Å². The summed E-state index contributed by atoms with van der Waals surface area (Å²) in [5.41, 5.74) is 1.11. The third-order valence-electron chi connectivity index (χ3n) is 7.61. The summed E-state index contributed by atoms with van der Waals surface area (Å²) in [4.78, 5) is 38.7. The molecule has 0 aromatic carbocycles. The van der Waals surface area contributed by atoms with Crippen LogP contribution in [-0.2, 0) is 27.3 Å². The standard InChI is InChI=1S/C25H41N5O7Si2/c1-13(2)38(14(3)4)34-11-18-21(36-39(37-38,15(5)6)16(7)8)20(32)24(35-18)30-12-26-19-22(30)28-25(27-17(9)31)29-23(19)33-10/h12-16,18,21,24H,11H2,1-10H3,(H,27,28,29,31)/t18-,21-,24-/m1/s1. The van der Waals surface area contributed by atoms with E-state index in [2.05, 4.69) is 75.7 Å². The number of fused-ring (bicyclic) bond motifs is 2. The lowest BCUT2D eigenvalue weighted by Crippen LogP contribution is -2.65. The van der Waals surface area contributed by atoms with Crippen molar-refractivity contribution < 1.29 is 32.0 Å². The highest BCUT2D eigenvalue weighted by Crippen LogP contribution is 2.47. The smallest absolute Gasteiger partial charge is 0.335 e. The largest absolute Gasteiger partial charge is 0.479 e. The molecule has 14 heteroatoms. The summed E-state index contributed by atoms with van der Waals surface area (Å²) in [6.45, 7) is 18.5. The number of ketones is 1. The maximum absolute atomic E-state index is 14.0. The number of nitrogens with one attached hydrogen (secondary N) is 1. The van der Waals surface area contributed by atoms with Gasteiger partial charge in [-0.2, -0.15) is 9.97 Å². The first-order chi connectivity index (χ1) is 18.3. The van der Waals surface area contributed by atoms with Gasteiger partial charge in [0.1, 0.15) is 12.2 Å². The molecule has 1 amide bonds. The molecule has 0 spiro atoms. The number of methoxy groups -OCH3 is 1. The molecular formula is C25H41N5O7Si2. The SMILES string of the molecule is COc1nc(NC(C)=O)nc2c1ncn2[C@@H]1O[C@@H]2CO[Si](C(C)C)(C(C)C)O[Si](C(C)C)(C(C)C)O[C@H]2C1=O. The molecular weight excluding hydrogens is 538 g/mol. The van der Waals surface area contributed by atoms with Crippen molar-refractivity contribution in [3.8, 4) is 5.88 Å². The second kappa shape index (κ2) is 11.0. The van der Waals surface area contributed by atoms with Gasteiger partial charge in [-0.1, -0.05) is 55.4 Å². The quantitative estimate of drug-likeness (QED) is 0.475. The van der Waals surface area contributed by atoms with E-state index in [0.29, 0.717) is 11.2 Å². The van der Waals surface area contributed by atoms with Gasteiger partial charge in [-0.25, -0.2) is 4.98 Å². The molecule has 0 bridgehead atoms. The highest BCUT2D eigenvalue weighted by molar-refractivity contribution is 6.84. The second-order valence-electron chi connectivity index (χ2n) is 11.5. The molecule has 39 heavy (non-hydrogen) atoms. The van der Waals surface area contributed by atoms with Crippen molar-refractivity contribution in [1.82, 2.24) is 19.5 Å². The van der Waals surface area contributed by atoms with Crippen LogP contribution in [0.15, 0.2) is 6.33 Å². The predicted octanol–water partition coefficient (Wildman–Crippen LogP) is 4.22. The lowest BCUT2D eigenvalue weighted by Gasteiger charge is -2.50.